The number of alkyl halides is 3. The topological polar surface area (TPSA) is 26.0 Å². The molecule has 0 aliphatic rings. The average molecular weight is 231 g/mol. The summed E-state index contributed by atoms with van der Waals surface area (Å²) in [5.74, 6) is -0.523. The second kappa shape index (κ2) is 5.34. The summed E-state index contributed by atoms with van der Waals surface area (Å²) in [4.78, 5) is 0. The van der Waals surface area contributed by atoms with Gasteiger partial charge in [0.15, 0.2) is 0 Å². The quantitative estimate of drug-likeness (QED) is 0.844. The molecular formula is C12H16F3N. The summed E-state index contributed by atoms with van der Waals surface area (Å²) in [6.45, 7) is 2.18. The molecule has 0 fully saturated rings. The lowest BCUT2D eigenvalue weighted by molar-refractivity contribution is -0.139. The van der Waals surface area contributed by atoms with Gasteiger partial charge < -0.3 is 5.73 Å². The third-order valence-corrected chi connectivity index (χ3v) is 2.54. The molecule has 0 amide bonds. The van der Waals surface area contributed by atoms with Crippen LogP contribution in [0.5, 0.6) is 0 Å². The Labute approximate surface area is 93.5 Å². The molecule has 0 heterocycles. The van der Waals surface area contributed by atoms with E-state index in [1.54, 1.807) is 12.1 Å². The smallest absolute Gasteiger partial charge is 0.330 e. The highest BCUT2D eigenvalue weighted by Gasteiger charge is 2.32. The summed E-state index contributed by atoms with van der Waals surface area (Å²) in [6, 6.07) is 7.16. The first-order valence-electron chi connectivity index (χ1n) is 5.26. The van der Waals surface area contributed by atoms with E-state index in [0.717, 1.165) is 5.56 Å². The molecule has 1 nitrogen and oxygen atoms in total. The molecular weight excluding hydrogens is 215 g/mol. The monoisotopic (exact) mass is 231 g/mol. The van der Waals surface area contributed by atoms with Crippen molar-refractivity contribution in [2.24, 2.45) is 5.73 Å². The third-order valence-electron chi connectivity index (χ3n) is 2.54. The molecule has 0 saturated heterocycles. The maximum atomic E-state index is 12.4. The Morgan fingerprint density at radius 1 is 1.19 bits per heavy atom. The fourth-order valence-electron chi connectivity index (χ4n) is 1.71. The van der Waals surface area contributed by atoms with Crippen molar-refractivity contribution in [1.82, 2.24) is 0 Å². The first-order chi connectivity index (χ1) is 7.42. The second-order valence-electron chi connectivity index (χ2n) is 4.00. The Morgan fingerprint density at radius 3 is 2.19 bits per heavy atom. The SMILES string of the molecule is Cc1ccc(C(CCN)CC(F)(F)F)cc1. The van der Waals surface area contributed by atoms with Crippen LogP contribution in [0.1, 0.15) is 29.9 Å². The molecule has 0 radical (unpaired) electrons. The molecule has 90 valence electrons. The van der Waals surface area contributed by atoms with Gasteiger partial charge in [0, 0.05) is 0 Å². The summed E-state index contributed by atoms with van der Waals surface area (Å²) in [5, 5.41) is 0. The number of halogens is 3. The molecule has 0 aliphatic carbocycles. The number of aryl methyl sites for hydroxylation is 1. The van der Waals surface area contributed by atoms with Gasteiger partial charge in [-0.05, 0) is 31.4 Å². The van der Waals surface area contributed by atoms with Crippen LogP contribution < -0.4 is 5.73 Å². The van der Waals surface area contributed by atoms with Gasteiger partial charge in [-0.2, -0.15) is 13.2 Å². The van der Waals surface area contributed by atoms with Gasteiger partial charge in [0.25, 0.3) is 0 Å². The number of benzene rings is 1. The average Bonchev–Trinajstić information content (AvgIpc) is 2.16. The highest BCUT2D eigenvalue weighted by atomic mass is 19.4. The first-order valence-corrected chi connectivity index (χ1v) is 5.26. The summed E-state index contributed by atoms with van der Waals surface area (Å²) >= 11 is 0. The predicted octanol–water partition coefficient (Wildman–Crippen LogP) is 3.38. The highest BCUT2D eigenvalue weighted by molar-refractivity contribution is 5.24. The molecule has 0 spiro atoms. The van der Waals surface area contributed by atoms with Crippen LogP contribution in [0.25, 0.3) is 0 Å². The van der Waals surface area contributed by atoms with E-state index in [-0.39, 0.29) is 6.54 Å². The van der Waals surface area contributed by atoms with Gasteiger partial charge in [-0.25, -0.2) is 0 Å². The molecule has 16 heavy (non-hydrogen) atoms. The van der Waals surface area contributed by atoms with E-state index < -0.39 is 18.5 Å². The molecule has 1 atom stereocenters. The van der Waals surface area contributed by atoms with E-state index in [2.05, 4.69) is 0 Å². The zero-order valence-corrected chi connectivity index (χ0v) is 9.22. The molecule has 0 bridgehead atoms. The summed E-state index contributed by atoms with van der Waals surface area (Å²) < 4.78 is 37.1. The maximum absolute atomic E-state index is 12.4. The van der Waals surface area contributed by atoms with Gasteiger partial charge in [-0.15, -0.1) is 0 Å². The van der Waals surface area contributed by atoms with E-state index in [1.807, 2.05) is 19.1 Å². The van der Waals surface area contributed by atoms with E-state index in [4.69, 9.17) is 5.73 Å². The molecule has 2 N–H and O–H groups in total. The normalized spacial score (nSPS) is 13.8. The Balaban J connectivity index is 2.80. The van der Waals surface area contributed by atoms with Crippen molar-refractivity contribution in [2.45, 2.75) is 31.9 Å². The fraction of sp³-hybridized carbons (Fsp3) is 0.500. The first kappa shape index (κ1) is 13.0. The molecule has 0 saturated carbocycles. The van der Waals surface area contributed by atoms with Gasteiger partial charge in [0.05, 0.1) is 6.42 Å². The molecule has 0 aromatic heterocycles. The summed E-state index contributed by atoms with van der Waals surface area (Å²) in [6.07, 6.45) is -4.57. The van der Waals surface area contributed by atoms with Crippen LogP contribution in [0, 0.1) is 6.92 Å². The lowest BCUT2D eigenvalue weighted by Crippen LogP contribution is -2.16. The van der Waals surface area contributed by atoms with Crippen LogP contribution in [-0.4, -0.2) is 12.7 Å². The Bertz CT molecular complexity index is 316. The Kier molecular flexibility index (Phi) is 4.35. The minimum Gasteiger partial charge on any atom is -0.330 e. The Morgan fingerprint density at radius 2 is 1.75 bits per heavy atom. The largest absolute Gasteiger partial charge is 0.389 e. The minimum atomic E-state index is -4.13. The van der Waals surface area contributed by atoms with Gasteiger partial charge in [-0.3, -0.25) is 0 Å². The van der Waals surface area contributed by atoms with Crippen LogP contribution in [-0.2, 0) is 0 Å². The third kappa shape index (κ3) is 4.23. The van der Waals surface area contributed by atoms with Gasteiger partial charge in [0.1, 0.15) is 0 Å². The van der Waals surface area contributed by atoms with Gasteiger partial charge in [0.2, 0.25) is 0 Å². The number of hydrogen-bond donors (Lipinski definition) is 1. The highest BCUT2D eigenvalue weighted by Crippen LogP contribution is 2.33. The van der Waals surface area contributed by atoms with Gasteiger partial charge >= 0.3 is 6.18 Å². The van der Waals surface area contributed by atoms with Crippen molar-refractivity contribution in [3.8, 4) is 0 Å². The number of rotatable bonds is 4. The van der Waals surface area contributed by atoms with Gasteiger partial charge in [-0.1, -0.05) is 29.8 Å². The van der Waals surface area contributed by atoms with E-state index in [1.165, 1.54) is 0 Å². The van der Waals surface area contributed by atoms with Crippen LogP contribution >= 0.6 is 0 Å². The summed E-state index contributed by atoms with van der Waals surface area (Å²) in [7, 11) is 0. The fourth-order valence-corrected chi connectivity index (χ4v) is 1.71. The zero-order valence-electron chi connectivity index (χ0n) is 9.22. The lowest BCUT2D eigenvalue weighted by atomic mass is 9.92. The van der Waals surface area contributed by atoms with Crippen molar-refractivity contribution < 1.29 is 13.2 Å². The van der Waals surface area contributed by atoms with Crippen molar-refractivity contribution >= 4 is 0 Å². The minimum absolute atomic E-state index is 0.272. The van der Waals surface area contributed by atoms with E-state index in [0.29, 0.717) is 12.0 Å². The predicted molar refractivity (Wildman–Crippen MR) is 58.3 cm³/mol. The van der Waals surface area contributed by atoms with Crippen molar-refractivity contribution in [3.63, 3.8) is 0 Å². The van der Waals surface area contributed by atoms with Crippen LogP contribution in [0.4, 0.5) is 13.2 Å². The summed E-state index contributed by atoms with van der Waals surface area (Å²) in [5.41, 5.74) is 7.11. The van der Waals surface area contributed by atoms with Crippen LogP contribution in [0.15, 0.2) is 24.3 Å². The molecule has 0 aliphatic heterocycles. The maximum Gasteiger partial charge on any atom is 0.389 e. The zero-order chi connectivity index (χ0) is 12.2. The molecule has 1 unspecified atom stereocenters. The van der Waals surface area contributed by atoms with Crippen molar-refractivity contribution in [2.75, 3.05) is 6.54 Å². The van der Waals surface area contributed by atoms with Crippen molar-refractivity contribution in [1.29, 1.82) is 0 Å². The van der Waals surface area contributed by atoms with Crippen molar-refractivity contribution in [3.05, 3.63) is 35.4 Å². The molecule has 4 heteroatoms. The standard InChI is InChI=1S/C12H16F3N/c1-9-2-4-10(5-3-9)11(6-7-16)8-12(13,14)15/h2-5,11H,6-8,16H2,1H3. The van der Waals surface area contributed by atoms with Crippen LogP contribution in [0.3, 0.4) is 0 Å². The lowest BCUT2D eigenvalue weighted by Gasteiger charge is -2.18. The second-order valence-corrected chi connectivity index (χ2v) is 4.00. The van der Waals surface area contributed by atoms with E-state index in [9.17, 15) is 13.2 Å². The van der Waals surface area contributed by atoms with E-state index >= 15 is 0 Å². The molecule has 1 aromatic rings. The van der Waals surface area contributed by atoms with Crippen LogP contribution in [0.2, 0.25) is 0 Å². The Hall–Kier alpha value is -1.03. The number of hydrogen-bond acceptors (Lipinski definition) is 1. The number of nitrogens with two attached hydrogens (primary N) is 1. The molecule has 1 rings (SSSR count). The molecule has 1 aromatic carbocycles.